The molecule has 0 saturated heterocycles. The number of anilines is 1. The van der Waals surface area contributed by atoms with Crippen molar-refractivity contribution in [1.82, 2.24) is 0 Å². The van der Waals surface area contributed by atoms with Gasteiger partial charge in [-0.1, -0.05) is 6.07 Å². The number of nitrogens with one attached hydrogen (secondary N) is 1. The molecule has 5 nitrogen and oxygen atoms in total. The van der Waals surface area contributed by atoms with E-state index in [0.29, 0.717) is 5.69 Å². The summed E-state index contributed by atoms with van der Waals surface area (Å²) in [7, 11) is 1.32. The zero-order valence-electron chi connectivity index (χ0n) is 11.2. The fourth-order valence-electron chi connectivity index (χ4n) is 2.68. The van der Waals surface area contributed by atoms with E-state index in [2.05, 4.69) is 5.32 Å². The Hall–Kier alpha value is -2.04. The Balaban J connectivity index is 2.53. The van der Waals surface area contributed by atoms with Crippen molar-refractivity contribution in [2.24, 2.45) is 0 Å². The molecule has 0 spiro atoms. The van der Waals surface area contributed by atoms with E-state index in [4.69, 9.17) is 9.84 Å². The monoisotopic (exact) mass is 263 g/mol. The van der Waals surface area contributed by atoms with Crippen LogP contribution >= 0.6 is 0 Å². The average molecular weight is 263 g/mol. The lowest BCUT2D eigenvalue weighted by atomic mass is 9.83. The third kappa shape index (κ3) is 2.41. The number of methoxy groups -OCH3 is 1. The molecule has 0 fully saturated rings. The molecule has 0 radical (unpaired) electrons. The number of hydrogen-bond donors (Lipinski definition) is 2. The van der Waals surface area contributed by atoms with Crippen LogP contribution < -0.4 is 5.32 Å². The minimum absolute atomic E-state index is 0.207. The van der Waals surface area contributed by atoms with Gasteiger partial charge in [-0.05, 0) is 43.0 Å². The van der Waals surface area contributed by atoms with Crippen molar-refractivity contribution in [3.05, 3.63) is 28.8 Å². The average Bonchev–Trinajstić information content (AvgIpc) is 2.35. The molecule has 0 aromatic heterocycles. The van der Waals surface area contributed by atoms with Crippen molar-refractivity contribution >= 4 is 17.6 Å². The second-order valence-electron chi connectivity index (χ2n) is 4.89. The molecule has 0 unspecified atom stereocenters. The van der Waals surface area contributed by atoms with Crippen LogP contribution in [0.2, 0.25) is 0 Å². The third-order valence-electron chi connectivity index (χ3n) is 3.46. The summed E-state index contributed by atoms with van der Waals surface area (Å²) in [4.78, 5) is 23.1. The maximum Gasteiger partial charge on any atom is 0.326 e. The van der Waals surface area contributed by atoms with Gasteiger partial charge in [0.05, 0.1) is 13.0 Å². The molecule has 5 heteroatoms. The second kappa shape index (κ2) is 4.91. The summed E-state index contributed by atoms with van der Waals surface area (Å²) in [6.07, 6.45) is 0.207. The highest BCUT2D eigenvalue weighted by Gasteiger charge is 2.36. The van der Waals surface area contributed by atoms with Crippen molar-refractivity contribution < 1.29 is 19.4 Å². The Morgan fingerprint density at radius 2 is 2.05 bits per heavy atom. The lowest BCUT2D eigenvalue weighted by molar-refractivity contribution is -0.143. The van der Waals surface area contributed by atoms with Crippen LogP contribution in [0.4, 0.5) is 5.69 Å². The predicted octanol–water partition coefficient (Wildman–Crippen LogP) is 1.83. The molecule has 0 amide bonds. The number of benzene rings is 1. The first-order valence-corrected chi connectivity index (χ1v) is 6.12. The smallest absolute Gasteiger partial charge is 0.326 e. The Morgan fingerprint density at radius 3 is 2.63 bits per heavy atom. The molecule has 1 aromatic carbocycles. The van der Waals surface area contributed by atoms with Crippen LogP contribution in [-0.4, -0.2) is 30.2 Å². The van der Waals surface area contributed by atoms with Crippen LogP contribution in [-0.2, 0) is 14.3 Å². The summed E-state index contributed by atoms with van der Waals surface area (Å²) in [6.45, 7) is 3.86. The zero-order valence-corrected chi connectivity index (χ0v) is 11.2. The van der Waals surface area contributed by atoms with Gasteiger partial charge in [-0.25, -0.2) is 4.79 Å². The van der Waals surface area contributed by atoms with Gasteiger partial charge in [-0.2, -0.15) is 0 Å². The van der Waals surface area contributed by atoms with E-state index in [9.17, 15) is 9.59 Å². The van der Waals surface area contributed by atoms with Crippen LogP contribution in [0.5, 0.6) is 0 Å². The normalized spacial score (nSPS) is 21.2. The molecule has 0 saturated carbocycles. The fourth-order valence-corrected chi connectivity index (χ4v) is 2.68. The first kappa shape index (κ1) is 13.4. The first-order chi connectivity index (χ1) is 8.93. The number of aryl methyl sites for hydroxylation is 2. The standard InChI is InChI=1S/C14H17NO4/c1-7-4-8(2)12-9(14(18)19-3)6-11(13(16)17)15-10(12)5-7/h4-5,9,11,15H,6H2,1-3H3,(H,16,17)/t9-,11-/m1/s1. The molecule has 1 heterocycles. The molecule has 1 aliphatic rings. The van der Waals surface area contributed by atoms with Crippen molar-refractivity contribution in [2.75, 3.05) is 12.4 Å². The van der Waals surface area contributed by atoms with E-state index in [1.54, 1.807) is 0 Å². The van der Waals surface area contributed by atoms with Gasteiger partial charge in [-0.3, -0.25) is 4.79 Å². The lowest BCUT2D eigenvalue weighted by Crippen LogP contribution is -2.38. The maximum absolute atomic E-state index is 11.9. The minimum Gasteiger partial charge on any atom is -0.480 e. The molecule has 19 heavy (non-hydrogen) atoms. The van der Waals surface area contributed by atoms with Gasteiger partial charge in [0.15, 0.2) is 0 Å². The summed E-state index contributed by atoms with van der Waals surface area (Å²) in [6, 6.07) is 3.09. The number of fused-ring (bicyclic) bond motifs is 1. The van der Waals surface area contributed by atoms with E-state index < -0.39 is 17.9 Å². The summed E-state index contributed by atoms with van der Waals surface area (Å²) in [5.41, 5.74) is 3.56. The van der Waals surface area contributed by atoms with Gasteiger partial charge in [0.25, 0.3) is 0 Å². The molecule has 2 N–H and O–H groups in total. The molecule has 0 bridgehead atoms. The summed E-state index contributed by atoms with van der Waals surface area (Å²) in [5.74, 6) is -1.87. The second-order valence-corrected chi connectivity index (χ2v) is 4.89. The Morgan fingerprint density at radius 1 is 1.37 bits per heavy atom. The minimum atomic E-state index is -0.960. The van der Waals surface area contributed by atoms with Crippen molar-refractivity contribution in [2.45, 2.75) is 32.2 Å². The predicted molar refractivity (Wildman–Crippen MR) is 70.3 cm³/mol. The molecule has 102 valence electrons. The topological polar surface area (TPSA) is 75.6 Å². The van der Waals surface area contributed by atoms with Crippen molar-refractivity contribution in [1.29, 1.82) is 0 Å². The van der Waals surface area contributed by atoms with Crippen LogP contribution in [0.15, 0.2) is 12.1 Å². The number of hydrogen-bond acceptors (Lipinski definition) is 4. The highest BCUT2D eigenvalue weighted by Crippen LogP contribution is 2.38. The Kier molecular flexibility index (Phi) is 3.46. The quantitative estimate of drug-likeness (QED) is 0.796. The molecular weight excluding hydrogens is 246 g/mol. The molecule has 1 aromatic rings. The number of carbonyl (C=O) groups is 2. The van der Waals surface area contributed by atoms with Gasteiger partial charge in [-0.15, -0.1) is 0 Å². The Labute approximate surface area is 111 Å². The number of aliphatic carboxylic acids is 1. The van der Waals surface area contributed by atoms with E-state index in [1.807, 2.05) is 26.0 Å². The molecule has 2 atom stereocenters. The van der Waals surface area contributed by atoms with Crippen molar-refractivity contribution in [3.8, 4) is 0 Å². The van der Waals surface area contributed by atoms with Gasteiger partial charge in [0.2, 0.25) is 0 Å². The summed E-state index contributed by atoms with van der Waals surface area (Å²) in [5, 5.41) is 12.1. The van der Waals surface area contributed by atoms with Crippen LogP contribution in [0.1, 0.15) is 29.0 Å². The summed E-state index contributed by atoms with van der Waals surface area (Å²) >= 11 is 0. The third-order valence-corrected chi connectivity index (χ3v) is 3.46. The molecule has 1 aliphatic heterocycles. The van der Waals surface area contributed by atoms with Crippen molar-refractivity contribution in [3.63, 3.8) is 0 Å². The number of carboxylic acids is 1. The maximum atomic E-state index is 11.9. The molecule has 2 rings (SSSR count). The fraction of sp³-hybridized carbons (Fsp3) is 0.429. The molecular formula is C14H17NO4. The number of ether oxygens (including phenoxy) is 1. The molecule has 0 aliphatic carbocycles. The number of carboxylic acid groups (broad SMARTS) is 1. The van der Waals surface area contributed by atoms with Crippen LogP contribution in [0.3, 0.4) is 0 Å². The number of carbonyl (C=O) groups excluding carboxylic acids is 1. The van der Waals surface area contributed by atoms with E-state index in [-0.39, 0.29) is 12.4 Å². The number of esters is 1. The van der Waals surface area contributed by atoms with E-state index >= 15 is 0 Å². The van der Waals surface area contributed by atoms with E-state index in [0.717, 1.165) is 16.7 Å². The van der Waals surface area contributed by atoms with Crippen LogP contribution in [0.25, 0.3) is 0 Å². The highest BCUT2D eigenvalue weighted by molar-refractivity contribution is 5.87. The van der Waals surface area contributed by atoms with Gasteiger partial charge in [0.1, 0.15) is 6.04 Å². The van der Waals surface area contributed by atoms with Gasteiger partial charge < -0.3 is 15.2 Å². The zero-order chi connectivity index (χ0) is 14.2. The Bertz CT molecular complexity index is 538. The summed E-state index contributed by atoms with van der Waals surface area (Å²) < 4.78 is 4.80. The van der Waals surface area contributed by atoms with Gasteiger partial charge in [0, 0.05) is 5.69 Å². The largest absolute Gasteiger partial charge is 0.480 e. The van der Waals surface area contributed by atoms with Crippen LogP contribution in [0, 0.1) is 13.8 Å². The SMILES string of the molecule is COC(=O)[C@@H]1C[C@H](C(=O)O)Nc2cc(C)cc(C)c21. The van der Waals surface area contributed by atoms with Gasteiger partial charge >= 0.3 is 11.9 Å². The highest BCUT2D eigenvalue weighted by atomic mass is 16.5. The lowest BCUT2D eigenvalue weighted by Gasteiger charge is -2.31. The number of rotatable bonds is 2. The first-order valence-electron chi connectivity index (χ1n) is 6.12. The van der Waals surface area contributed by atoms with E-state index in [1.165, 1.54) is 7.11 Å².